The van der Waals surface area contributed by atoms with Crippen LogP contribution in [0.15, 0.2) is 36.7 Å². The zero-order valence-electron chi connectivity index (χ0n) is 14.9. The summed E-state index contributed by atoms with van der Waals surface area (Å²) in [7, 11) is 0. The van der Waals surface area contributed by atoms with Crippen LogP contribution in [0.5, 0.6) is 0 Å². The van der Waals surface area contributed by atoms with Gasteiger partial charge in [0.15, 0.2) is 0 Å². The standard InChI is InChI=1S/C18H12Cl2N6O2S2/c19-7-1-3-9(23-5-7)25-16(27)14-12(21)11-13(22)15(30-18(11)29-14)17(28)26-10-4-2-8(20)6-24-10/h1-6H,21-22H2,(H,23,25,27)(H,24,26,28). The highest BCUT2D eigenvalue weighted by Gasteiger charge is 2.25. The van der Waals surface area contributed by atoms with Gasteiger partial charge in [-0.15, -0.1) is 22.7 Å². The van der Waals surface area contributed by atoms with Crippen molar-refractivity contribution in [3.63, 3.8) is 0 Å². The first-order valence-corrected chi connectivity index (χ1v) is 10.7. The summed E-state index contributed by atoms with van der Waals surface area (Å²) in [6, 6.07) is 6.37. The summed E-state index contributed by atoms with van der Waals surface area (Å²) in [5.41, 5.74) is 12.8. The SMILES string of the molecule is Nc1c(C(=O)Nc2ccc(Cl)cn2)sc2sc(C(=O)Nc3ccc(Cl)cn3)c(N)c12. The molecule has 8 nitrogen and oxygen atoms in total. The van der Waals surface area contributed by atoms with Crippen LogP contribution in [-0.2, 0) is 0 Å². The molecule has 0 spiro atoms. The van der Waals surface area contributed by atoms with Gasteiger partial charge in [0.1, 0.15) is 21.4 Å². The minimum atomic E-state index is -0.425. The number of halogens is 2. The number of nitrogens with one attached hydrogen (secondary N) is 2. The number of hydrogen-bond donors (Lipinski definition) is 4. The number of thiophene rings is 2. The fraction of sp³-hybridized carbons (Fsp3) is 0. The van der Waals surface area contributed by atoms with E-state index in [1.54, 1.807) is 24.3 Å². The van der Waals surface area contributed by atoms with Gasteiger partial charge in [-0.1, -0.05) is 23.2 Å². The molecule has 0 saturated carbocycles. The zero-order valence-corrected chi connectivity index (χ0v) is 18.0. The van der Waals surface area contributed by atoms with E-state index in [-0.39, 0.29) is 21.1 Å². The van der Waals surface area contributed by atoms with Crippen LogP contribution in [0.2, 0.25) is 10.0 Å². The van der Waals surface area contributed by atoms with E-state index < -0.39 is 11.8 Å². The molecule has 4 rings (SSSR count). The van der Waals surface area contributed by atoms with Crippen molar-refractivity contribution in [2.24, 2.45) is 0 Å². The number of rotatable bonds is 4. The maximum atomic E-state index is 12.6. The first-order valence-electron chi connectivity index (χ1n) is 8.29. The highest BCUT2D eigenvalue weighted by atomic mass is 35.5. The van der Waals surface area contributed by atoms with E-state index in [0.717, 1.165) is 22.7 Å². The number of amides is 2. The number of anilines is 4. The first-order chi connectivity index (χ1) is 14.3. The minimum absolute atomic E-state index is 0.207. The Labute approximate surface area is 187 Å². The maximum Gasteiger partial charge on any atom is 0.269 e. The Hall–Kier alpha value is -2.92. The molecule has 6 N–H and O–H groups in total. The van der Waals surface area contributed by atoms with Crippen molar-refractivity contribution < 1.29 is 9.59 Å². The van der Waals surface area contributed by atoms with Crippen molar-refractivity contribution in [1.29, 1.82) is 0 Å². The predicted octanol–water partition coefficient (Wildman–Crippen LogP) is 4.73. The van der Waals surface area contributed by atoms with Gasteiger partial charge in [0.2, 0.25) is 0 Å². The Bertz CT molecular complexity index is 1170. The van der Waals surface area contributed by atoms with E-state index in [2.05, 4.69) is 20.6 Å². The molecular weight excluding hydrogens is 467 g/mol. The number of hydrogen-bond acceptors (Lipinski definition) is 8. The molecule has 0 aliphatic heterocycles. The molecule has 0 radical (unpaired) electrons. The lowest BCUT2D eigenvalue weighted by Crippen LogP contribution is -2.14. The molecule has 0 fully saturated rings. The van der Waals surface area contributed by atoms with Gasteiger partial charge in [0.25, 0.3) is 11.8 Å². The number of nitrogen functional groups attached to an aromatic ring is 2. The van der Waals surface area contributed by atoms with Gasteiger partial charge in [-0.25, -0.2) is 9.97 Å². The van der Waals surface area contributed by atoms with Crippen LogP contribution in [0, 0.1) is 0 Å². The minimum Gasteiger partial charge on any atom is -0.397 e. The van der Waals surface area contributed by atoms with Crippen molar-refractivity contribution in [1.82, 2.24) is 9.97 Å². The van der Waals surface area contributed by atoms with Gasteiger partial charge >= 0.3 is 0 Å². The fourth-order valence-corrected chi connectivity index (χ4v) is 5.21. The molecule has 0 aliphatic rings. The molecule has 0 aliphatic carbocycles. The van der Waals surface area contributed by atoms with Gasteiger partial charge < -0.3 is 22.1 Å². The molecular formula is C18H12Cl2N6O2S2. The highest BCUT2D eigenvalue weighted by Crippen LogP contribution is 2.45. The zero-order chi connectivity index (χ0) is 21.4. The highest BCUT2D eigenvalue weighted by molar-refractivity contribution is 7.40. The molecule has 0 saturated heterocycles. The number of carbonyl (C=O) groups is 2. The van der Waals surface area contributed by atoms with Crippen LogP contribution >= 0.6 is 45.9 Å². The van der Waals surface area contributed by atoms with E-state index in [1.165, 1.54) is 12.4 Å². The number of aromatic nitrogens is 2. The van der Waals surface area contributed by atoms with Crippen LogP contribution in [-0.4, -0.2) is 21.8 Å². The van der Waals surface area contributed by atoms with E-state index in [1.807, 2.05) is 0 Å². The van der Waals surface area contributed by atoms with Crippen LogP contribution < -0.4 is 22.1 Å². The normalized spacial score (nSPS) is 10.9. The largest absolute Gasteiger partial charge is 0.397 e. The molecule has 4 aromatic heterocycles. The molecule has 0 unspecified atom stereocenters. The number of fused-ring (bicyclic) bond motifs is 1. The summed E-state index contributed by atoms with van der Waals surface area (Å²) in [6.45, 7) is 0. The quantitative estimate of drug-likeness (QED) is 0.334. The summed E-state index contributed by atoms with van der Waals surface area (Å²) in [5, 5.41) is 6.71. The summed E-state index contributed by atoms with van der Waals surface area (Å²) in [6.07, 6.45) is 2.85. The Morgan fingerprint density at radius 1 is 0.800 bits per heavy atom. The number of nitrogens with zero attached hydrogens (tertiary/aromatic N) is 2. The van der Waals surface area contributed by atoms with Crippen LogP contribution in [0.3, 0.4) is 0 Å². The lowest BCUT2D eigenvalue weighted by molar-refractivity contribution is 0.102. The van der Waals surface area contributed by atoms with Gasteiger partial charge in [-0.3, -0.25) is 9.59 Å². The van der Waals surface area contributed by atoms with Crippen LogP contribution in [0.4, 0.5) is 23.0 Å². The summed E-state index contributed by atoms with van der Waals surface area (Å²) >= 11 is 13.9. The summed E-state index contributed by atoms with van der Waals surface area (Å²) < 4.78 is 0.661. The van der Waals surface area contributed by atoms with Crippen LogP contribution in [0.1, 0.15) is 19.3 Å². The van der Waals surface area contributed by atoms with E-state index in [9.17, 15) is 9.59 Å². The molecule has 12 heteroatoms. The predicted molar refractivity (Wildman–Crippen MR) is 123 cm³/mol. The van der Waals surface area contributed by atoms with Crippen LogP contribution in [0.25, 0.3) is 9.40 Å². The molecule has 30 heavy (non-hydrogen) atoms. The van der Waals surface area contributed by atoms with Gasteiger partial charge in [0.05, 0.1) is 30.8 Å². The molecule has 0 bridgehead atoms. The number of nitrogens with two attached hydrogens (primary N) is 2. The third-order valence-electron chi connectivity index (χ3n) is 3.97. The Kier molecular flexibility index (Phi) is 5.48. The summed E-state index contributed by atoms with van der Waals surface area (Å²) in [5.74, 6) is -0.175. The number of pyridine rings is 2. The third kappa shape index (κ3) is 3.90. The Balaban J connectivity index is 1.59. The van der Waals surface area contributed by atoms with Crippen molar-refractivity contribution >= 4 is 90.1 Å². The van der Waals surface area contributed by atoms with Gasteiger partial charge in [0, 0.05) is 12.4 Å². The van der Waals surface area contributed by atoms with Crippen molar-refractivity contribution in [2.45, 2.75) is 0 Å². The van der Waals surface area contributed by atoms with E-state index >= 15 is 0 Å². The molecule has 4 heterocycles. The second-order valence-corrected chi connectivity index (χ2v) is 9.16. The molecule has 0 aromatic carbocycles. The Morgan fingerprint density at radius 3 is 1.57 bits per heavy atom. The third-order valence-corrected chi connectivity index (χ3v) is 6.92. The number of carbonyl (C=O) groups excluding carboxylic acids is 2. The smallest absolute Gasteiger partial charge is 0.269 e. The lowest BCUT2D eigenvalue weighted by atomic mass is 10.2. The van der Waals surface area contributed by atoms with Gasteiger partial charge in [-0.2, -0.15) is 0 Å². The topological polar surface area (TPSA) is 136 Å². The first kappa shape index (κ1) is 20.4. The van der Waals surface area contributed by atoms with E-state index in [4.69, 9.17) is 34.7 Å². The molecule has 152 valence electrons. The van der Waals surface area contributed by atoms with Crippen molar-refractivity contribution in [3.8, 4) is 0 Å². The van der Waals surface area contributed by atoms with Gasteiger partial charge in [-0.05, 0) is 24.3 Å². The molecule has 0 atom stereocenters. The monoisotopic (exact) mass is 478 g/mol. The average molecular weight is 479 g/mol. The molecule has 2 amide bonds. The molecule has 4 aromatic rings. The Morgan fingerprint density at radius 2 is 1.23 bits per heavy atom. The average Bonchev–Trinajstić information content (AvgIpc) is 3.22. The van der Waals surface area contributed by atoms with Crippen molar-refractivity contribution in [3.05, 3.63) is 56.5 Å². The second-order valence-electron chi connectivity index (χ2n) is 5.98. The summed E-state index contributed by atoms with van der Waals surface area (Å²) in [4.78, 5) is 33.8. The van der Waals surface area contributed by atoms with E-state index in [0.29, 0.717) is 31.1 Å². The van der Waals surface area contributed by atoms with Crippen molar-refractivity contribution in [2.75, 3.05) is 22.1 Å². The second kappa shape index (κ2) is 8.07. The maximum absolute atomic E-state index is 12.6. The fourth-order valence-electron chi connectivity index (χ4n) is 2.59. The lowest BCUT2D eigenvalue weighted by Gasteiger charge is -2.05.